The van der Waals surface area contributed by atoms with Gasteiger partial charge in [0, 0.05) is 0 Å². The highest BCUT2D eigenvalue weighted by molar-refractivity contribution is 4.95. The van der Waals surface area contributed by atoms with Crippen molar-refractivity contribution in [1.82, 2.24) is 0 Å². The van der Waals surface area contributed by atoms with Gasteiger partial charge in [0.15, 0.2) is 0 Å². The first-order valence-electron chi connectivity index (χ1n) is 5.29. The van der Waals surface area contributed by atoms with Crippen LogP contribution in [0, 0.1) is 11.3 Å². The molecule has 2 aliphatic rings. The molecule has 12 heavy (non-hydrogen) atoms. The molecule has 1 saturated carbocycles. The summed E-state index contributed by atoms with van der Waals surface area (Å²) < 4.78 is 5.55. The third-order valence-corrected chi connectivity index (χ3v) is 4.02. The third-order valence-electron chi connectivity index (χ3n) is 4.02. The molecule has 1 nitrogen and oxygen atoms in total. The minimum absolute atomic E-state index is 0.539. The zero-order chi connectivity index (χ0) is 8.77. The van der Waals surface area contributed by atoms with E-state index in [1.165, 1.54) is 25.7 Å². The highest BCUT2D eigenvalue weighted by atomic mass is 16.6. The molecule has 70 valence electrons. The Morgan fingerprint density at radius 3 is 2.58 bits per heavy atom. The van der Waals surface area contributed by atoms with Crippen LogP contribution in [0.25, 0.3) is 0 Å². The summed E-state index contributed by atoms with van der Waals surface area (Å²) in [4.78, 5) is 0. The van der Waals surface area contributed by atoms with Crippen LogP contribution in [0.15, 0.2) is 0 Å². The molecule has 0 amide bonds. The van der Waals surface area contributed by atoms with Crippen LogP contribution in [0.5, 0.6) is 0 Å². The summed E-state index contributed by atoms with van der Waals surface area (Å²) in [6.45, 7) is 7.11. The molecule has 1 heteroatoms. The van der Waals surface area contributed by atoms with E-state index in [1.54, 1.807) is 0 Å². The molecule has 0 aromatic rings. The van der Waals surface area contributed by atoms with Gasteiger partial charge in [0.1, 0.15) is 0 Å². The average Bonchev–Trinajstić information content (AvgIpc) is 2.81. The Bertz CT molecular complexity index is 174. The van der Waals surface area contributed by atoms with Crippen molar-refractivity contribution in [2.45, 2.75) is 58.7 Å². The number of rotatable bonds is 2. The smallest absolute Gasteiger partial charge is 0.0844 e. The van der Waals surface area contributed by atoms with Crippen LogP contribution in [0.2, 0.25) is 0 Å². The van der Waals surface area contributed by atoms with Crippen LogP contribution < -0.4 is 0 Å². The monoisotopic (exact) mass is 168 g/mol. The van der Waals surface area contributed by atoms with Crippen molar-refractivity contribution in [2.24, 2.45) is 11.3 Å². The first-order valence-corrected chi connectivity index (χ1v) is 5.29. The topological polar surface area (TPSA) is 12.5 Å². The van der Waals surface area contributed by atoms with E-state index < -0.39 is 0 Å². The van der Waals surface area contributed by atoms with Gasteiger partial charge in [0.25, 0.3) is 0 Å². The lowest BCUT2D eigenvalue weighted by atomic mass is 9.70. The molecule has 0 radical (unpaired) electrons. The molecule has 3 atom stereocenters. The summed E-state index contributed by atoms with van der Waals surface area (Å²) in [5, 5.41) is 0. The molecule has 0 aromatic carbocycles. The van der Waals surface area contributed by atoms with Gasteiger partial charge >= 0.3 is 0 Å². The summed E-state index contributed by atoms with van der Waals surface area (Å²) >= 11 is 0. The minimum Gasteiger partial charge on any atom is -0.370 e. The molecule has 0 spiro atoms. The Morgan fingerprint density at radius 2 is 2.00 bits per heavy atom. The minimum atomic E-state index is 0.539. The van der Waals surface area contributed by atoms with Gasteiger partial charge in [0.2, 0.25) is 0 Å². The lowest BCUT2D eigenvalue weighted by Crippen LogP contribution is -2.28. The van der Waals surface area contributed by atoms with E-state index in [-0.39, 0.29) is 0 Å². The second kappa shape index (κ2) is 2.73. The molecule has 1 saturated heterocycles. The summed E-state index contributed by atoms with van der Waals surface area (Å²) in [6.07, 6.45) is 6.64. The van der Waals surface area contributed by atoms with E-state index in [4.69, 9.17) is 4.74 Å². The first-order chi connectivity index (χ1) is 5.63. The number of ether oxygens (including phenoxy) is 1. The van der Waals surface area contributed by atoms with E-state index in [1.807, 2.05) is 0 Å². The maximum absolute atomic E-state index is 5.55. The van der Waals surface area contributed by atoms with E-state index in [0.717, 1.165) is 5.92 Å². The van der Waals surface area contributed by atoms with Crippen LogP contribution in [0.3, 0.4) is 0 Å². The lowest BCUT2D eigenvalue weighted by molar-refractivity contribution is 0.162. The number of hydrogen-bond acceptors (Lipinski definition) is 1. The van der Waals surface area contributed by atoms with Gasteiger partial charge < -0.3 is 4.74 Å². The van der Waals surface area contributed by atoms with Gasteiger partial charge in [-0.2, -0.15) is 0 Å². The van der Waals surface area contributed by atoms with Crippen molar-refractivity contribution in [3.8, 4) is 0 Å². The van der Waals surface area contributed by atoms with Crippen LogP contribution in [-0.4, -0.2) is 12.2 Å². The van der Waals surface area contributed by atoms with Crippen LogP contribution in [0.1, 0.15) is 46.5 Å². The maximum Gasteiger partial charge on any atom is 0.0844 e. The molecule has 1 aliphatic heterocycles. The highest BCUT2D eigenvalue weighted by Crippen LogP contribution is 2.47. The van der Waals surface area contributed by atoms with Crippen LogP contribution in [0.4, 0.5) is 0 Å². The first kappa shape index (κ1) is 8.55. The van der Waals surface area contributed by atoms with Gasteiger partial charge in [-0.05, 0) is 30.6 Å². The standard InChI is InChI=1S/C11H20O/c1-4-11(2,3)8-5-6-9-10(7-8)12-9/h8-10H,4-7H2,1-3H3. The Hall–Kier alpha value is -0.0400. The quantitative estimate of drug-likeness (QED) is 0.577. The van der Waals surface area contributed by atoms with Gasteiger partial charge in [-0.25, -0.2) is 0 Å². The molecule has 0 N–H and O–H groups in total. The molecular formula is C11H20O. The number of hydrogen-bond donors (Lipinski definition) is 0. The molecule has 0 bridgehead atoms. The van der Waals surface area contributed by atoms with E-state index in [9.17, 15) is 0 Å². The fraction of sp³-hybridized carbons (Fsp3) is 1.00. The van der Waals surface area contributed by atoms with Gasteiger partial charge in [-0.1, -0.05) is 27.2 Å². The van der Waals surface area contributed by atoms with E-state index >= 15 is 0 Å². The van der Waals surface area contributed by atoms with Crippen molar-refractivity contribution in [2.75, 3.05) is 0 Å². The maximum atomic E-state index is 5.55. The molecule has 1 aliphatic carbocycles. The zero-order valence-electron chi connectivity index (χ0n) is 8.47. The summed E-state index contributed by atoms with van der Waals surface area (Å²) in [7, 11) is 0. The Kier molecular flexibility index (Phi) is 1.95. The van der Waals surface area contributed by atoms with Crippen LogP contribution >= 0.6 is 0 Å². The summed E-state index contributed by atoms with van der Waals surface area (Å²) in [6, 6.07) is 0. The fourth-order valence-corrected chi connectivity index (χ4v) is 2.40. The largest absolute Gasteiger partial charge is 0.370 e. The Balaban J connectivity index is 1.95. The molecule has 3 unspecified atom stereocenters. The lowest BCUT2D eigenvalue weighted by Gasteiger charge is -2.34. The molecular weight excluding hydrogens is 148 g/mol. The summed E-state index contributed by atoms with van der Waals surface area (Å²) in [5.74, 6) is 0.909. The Morgan fingerprint density at radius 1 is 1.25 bits per heavy atom. The molecule has 2 rings (SSSR count). The number of fused-ring (bicyclic) bond motifs is 1. The molecule has 2 fully saturated rings. The van der Waals surface area contributed by atoms with E-state index in [0.29, 0.717) is 17.6 Å². The third kappa shape index (κ3) is 1.39. The normalized spacial score (nSPS) is 40.8. The second-order valence-electron chi connectivity index (χ2n) is 5.07. The van der Waals surface area contributed by atoms with Gasteiger partial charge in [-0.3, -0.25) is 0 Å². The van der Waals surface area contributed by atoms with Crippen LogP contribution in [-0.2, 0) is 4.74 Å². The second-order valence-corrected chi connectivity index (χ2v) is 5.07. The number of epoxide rings is 1. The summed E-state index contributed by atoms with van der Waals surface area (Å²) in [5.41, 5.74) is 0.539. The molecule has 1 heterocycles. The highest BCUT2D eigenvalue weighted by Gasteiger charge is 2.46. The van der Waals surface area contributed by atoms with Crippen molar-refractivity contribution in [3.05, 3.63) is 0 Å². The SMILES string of the molecule is CCC(C)(C)C1CCC2OC2C1. The fourth-order valence-electron chi connectivity index (χ4n) is 2.40. The zero-order valence-corrected chi connectivity index (χ0v) is 8.47. The van der Waals surface area contributed by atoms with Gasteiger partial charge in [0.05, 0.1) is 12.2 Å². The van der Waals surface area contributed by atoms with Crippen molar-refractivity contribution in [3.63, 3.8) is 0 Å². The van der Waals surface area contributed by atoms with Gasteiger partial charge in [-0.15, -0.1) is 0 Å². The molecule has 0 aromatic heterocycles. The van der Waals surface area contributed by atoms with E-state index in [2.05, 4.69) is 20.8 Å². The Labute approximate surface area is 75.5 Å². The van der Waals surface area contributed by atoms with Crippen molar-refractivity contribution in [1.29, 1.82) is 0 Å². The van der Waals surface area contributed by atoms with Crippen molar-refractivity contribution >= 4 is 0 Å². The van der Waals surface area contributed by atoms with Crippen molar-refractivity contribution < 1.29 is 4.74 Å². The predicted molar refractivity (Wildman–Crippen MR) is 50.1 cm³/mol. The average molecular weight is 168 g/mol. The predicted octanol–water partition coefficient (Wildman–Crippen LogP) is 2.99.